The molecule has 0 bridgehead atoms. The molecule has 7 nitrogen and oxygen atoms in total. The van der Waals surface area contributed by atoms with Gasteiger partial charge in [0, 0.05) is 30.8 Å². The van der Waals surface area contributed by atoms with Crippen LogP contribution in [0, 0.1) is 0 Å². The molecule has 0 fully saturated rings. The topological polar surface area (TPSA) is 87.0 Å². The average Bonchev–Trinajstić information content (AvgIpc) is 3.15. The zero-order chi connectivity index (χ0) is 20.6. The molecule has 0 atom stereocenters. The van der Waals surface area contributed by atoms with Crippen molar-refractivity contribution in [2.45, 2.75) is 51.6 Å². The van der Waals surface area contributed by atoms with Crippen molar-refractivity contribution in [1.29, 1.82) is 0 Å². The molecule has 1 aromatic carbocycles. The molecule has 1 N–H and O–H groups in total. The molecular formula is C22H27NO6. The highest BCUT2D eigenvalue weighted by Crippen LogP contribution is 2.44. The van der Waals surface area contributed by atoms with Crippen LogP contribution in [0.5, 0.6) is 11.5 Å². The predicted octanol–water partition coefficient (Wildman–Crippen LogP) is 2.53. The van der Waals surface area contributed by atoms with E-state index in [0.29, 0.717) is 36.7 Å². The third-order valence-corrected chi connectivity index (χ3v) is 5.62. The summed E-state index contributed by atoms with van der Waals surface area (Å²) in [4.78, 5) is 24.6. The van der Waals surface area contributed by atoms with Crippen molar-refractivity contribution in [2.24, 2.45) is 0 Å². The molecule has 2 aromatic rings. The molecule has 29 heavy (non-hydrogen) atoms. The smallest absolute Gasteiger partial charge is 0.339 e. The third-order valence-electron chi connectivity index (χ3n) is 5.62. The van der Waals surface area contributed by atoms with Crippen LogP contribution in [-0.4, -0.2) is 38.4 Å². The highest BCUT2D eigenvalue weighted by Gasteiger charge is 2.32. The van der Waals surface area contributed by atoms with Gasteiger partial charge in [-0.3, -0.25) is 4.79 Å². The maximum atomic E-state index is 12.5. The first-order valence-electron chi connectivity index (χ1n) is 10.1. The number of carbonyl (C=O) groups excluding carboxylic acids is 1. The van der Waals surface area contributed by atoms with Gasteiger partial charge in [0.2, 0.25) is 0 Å². The molecule has 0 radical (unpaired) electrons. The van der Waals surface area contributed by atoms with Crippen molar-refractivity contribution in [2.75, 3.05) is 26.9 Å². The van der Waals surface area contributed by atoms with E-state index < -0.39 is 0 Å². The fraction of sp³-hybridized carbons (Fsp3) is 0.545. The molecular weight excluding hydrogens is 374 g/mol. The first-order chi connectivity index (χ1) is 13.9. The third kappa shape index (κ3) is 3.83. The Morgan fingerprint density at radius 2 is 2.00 bits per heavy atom. The molecule has 0 unspecified atom stereocenters. The molecule has 1 amide bonds. The number of hydrogen-bond donors (Lipinski definition) is 1. The summed E-state index contributed by atoms with van der Waals surface area (Å²) < 4.78 is 22.8. The number of methoxy groups -OCH3 is 1. The van der Waals surface area contributed by atoms with Crippen LogP contribution in [0.3, 0.4) is 0 Å². The second-order valence-electron chi connectivity index (χ2n) is 8.25. The fourth-order valence-electron chi connectivity index (χ4n) is 4.15. The normalized spacial score (nSPS) is 16.8. The van der Waals surface area contributed by atoms with E-state index in [9.17, 15) is 9.59 Å². The summed E-state index contributed by atoms with van der Waals surface area (Å²) in [6.45, 7) is 4.79. The summed E-state index contributed by atoms with van der Waals surface area (Å²) in [6, 6.07) is 1.85. The van der Waals surface area contributed by atoms with Gasteiger partial charge in [-0.1, -0.05) is 0 Å². The summed E-state index contributed by atoms with van der Waals surface area (Å²) in [6.07, 6.45) is 4.03. The number of rotatable bonds is 6. The lowest BCUT2D eigenvalue weighted by molar-refractivity contribution is -0.123. The maximum absolute atomic E-state index is 12.5. The highest BCUT2D eigenvalue weighted by molar-refractivity contribution is 5.93. The Kier molecular flexibility index (Phi) is 5.25. The second-order valence-corrected chi connectivity index (χ2v) is 8.25. The van der Waals surface area contributed by atoms with Gasteiger partial charge in [-0.05, 0) is 51.5 Å². The van der Waals surface area contributed by atoms with Crippen molar-refractivity contribution < 1.29 is 23.4 Å². The Morgan fingerprint density at radius 3 is 2.79 bits per heavy atom. The van der Waals surface area contributed by atoms with Crippen molar-refractivity contribution >= 4 is 16.9 Å². The number of benzene rings is 1. The Bertz CT molecular complexity index is 1010. The summed E-state index contributed by atoms with van der Waals surface area (Å²) >= 11 is 0. The Balaban J connectivity index is 1.75. The van der Waals surface area contributed by atoms with Crippen LogP contribution in [0.25, 0.3) is 11.0 Å². The first kappa shape index (κ1) is 19.8. The van der Waals surface area contributed by atoms with E-state index in [2.05, 4.69) is 5.32 Å². The molecule has 1 aromatic heterocycles. The largest absolute Gasteiger partial charge is 0.487 e. The maximum Gasteiger partial charge on any atom is 0.339 e. The van der Waals surface area contributed by atoms with E-state index in [4.69, 9.17) is 18.6 Å². The number of nitrogens with one attached hydrogen (secondary N) is 1. The quantitative estimate of drug-likeness (QED) is 0.591. The zero-order valence-electron chi connectivity index (χ0n) is 17.2. The lowest BCUT2D eigenvalue weighted by atomic mass is 9.91. The summed E-state index contributed by atoms with van der Waals surface area (Å²) in [5, 5.41) is 3.55. The van der Waals surface area contributed by atoms with Gasteiger partial charge >= 0.3 is 5.63 Å². The van der Waals surface area contributed by atoms with E-state index in [0.717, 1.165) is 47.8 Å². The van der Waals surface area contributed by atoms with Gasteiger partial charge < -0.3 is 23.9 Å². The Labute approximate surface area is 169 Å². The standard InChI is InChI=1S/C22H27NO6/c1-22(2)8-7-15-16(29-22)11-17(27-12-18(24)23-9-10-26-3)19-13-5-4-6-14(13)21(25)28-20(15)19/h11H,4-10,12H2,1-3H3,(H,23,24). The van der Waals surface area contributed by atoms with E-state index in [1.165, 1.54) is 0 Å². The number of carbonyl (C=O) groups is 1. The average molecular weight is 401 g/mol. The molecule has 0 spiro atoms. The SMILES string of the molecule is COCCNC(=O)COc1cc2c(c3oc(=O)c4c(c13)CCC4)CCC(C)(C)O2. The van der Waals surface area contributed by atoms with Crippen molar-refractivity contribution in [1.82, 2.24) is 5.32 Å². The van der Waals surface area contributed by atoms with Gasteiger partial charge in [-0.25, -0.2) is 4.79 Å². The Morgan fingerprint density at radius 1 is 1.21 bits per heavy atom. The van der Waals surface area contributed by atoms with Crippen molar-refractivity contribution in [3.05, 3.63) is 33.2 Å². The molecule has 0 saturated carbocycles. The van der Waals surface area contributed by atoms with Crippen LogP contribution in [0.15, 0.2) is 15.3 Å². The van der Waals surface area contributed by atoms with Gasteiger partial charge in [-0.2, -0.15) is 0 Å². The van der Waals surface area contributed by atoms with Crippen molar-refractivity contribution in [3.63, 3.8) is 0 Å². The van der Waals surface area contributed by atoms with Crippen molar-refractivity contribution in [3.8, 4) is 11.5 Å². The monoisotopic (exact) mass is 401 g/mol. The fourth-order valence-corrected chi connectivity index (χ4v) is 4.15. The lowest BCUT2D eigenvalue weighted by Gasteiger charge is -2.33. The molecule has 2 aliphatic rings. The number of fused-ring (bicyclic) bond motifs is 5. The van der Waals surface area contributed by atoms with Gasteiger partial charge in [-0.15, -0.1) is 0 Å². The van der Waals surface area contributed by atoms with Crippen LogP contribution in [0.1, 0.15) is 43.4 Å². The second kappa shape index (κ2) is 7.71. The summed E-state index contributed by atoms with van der Waals surface area (Å²) in [7, 11) is 1.58. The minimum atomic E-state index is -0.313. The number of hydrogen-bond acceptors (Lipinski definition) is 6. The molecule has 1 aliphatic carbocycles. The predicted molar refractivity (Wildman–Crippen MR) is 108 cm³/mol. The zero-order valence-corrected chi connectivity index (χ0v) is 17.2. The number of ether oxygens (including phenoxy) is 3. The summed E-state index contributed by atoms with van der Waals surface area (Å²) in [5.41, 5.74) is 2.57. The lowest BCUT2D eigenvalue weighted by Crippen LogP contribution is -2.33. The molecule has 0 saturated heterocycles. The molecule has 1 aliphatic heterocycles. The molecule has 156 valence electrons. The van der Waals surface area contributed by atoms with Crippen LogP contribution in [0.2, 0.25) is 0 Å². The Hall–Kier alpha value is -2.54. The van der Waals surface area contributed by atoms with Crippen LogP contribution in [0.4, 0.5) is 0 Å². The van der Waals surface area contributed by atoms with E-state index in [1.807, 2.05) is 19.9 Å². The summed E-state index contributed by atoms with van der Waals surface area (Å²) in [5.74, 6) is 0.952. The molecule has 4 rings (SSSR count). The van der Waals surface area contributed by atoms with Gasteiger partial charge in [0.15, 0.2) is 6.61 Å². The van der Waals surface area contributed by atoms with Gasteiger partial charge in [0.05, 0.1) is 12.0 Å². The number of aryl methyl sites for hydroxylation is 2. The first-order valence-corrected chi connectivity index (χ1v) is 10.1. The van der Waals surface area contributed by atoms with E-state index in [1.54, 1.807) is 7.11 Å². The van der Waals surface area contributed by atoms with E-state index in [-0.39, 0.29) is 23.7 Å². The molecule has 7 heteroatoms. The van der Waals surface area contributed by atoms with Gasteiger partial charge in [0.1, 0.15) is 22.7 Å². The van der Waals surface area contributed by atoms with Crippen LogP contribution in [-0.2, 0) is 28.8 Å². The van der Waals surface area contributed by atoms with Gasteiger partial charge in [0.25, 0.3) is 5.91 Å². The minimum Gasteiger partial charge on any atom is -0.487 e. The highest BCUT2D eigenvalue weighted by atomic mass is 16.5. The van der Waals surface area contributed by atoms with Crippen LogP contribution < -0.4 is 20.4 Å². The van der Waals surface area contributed by atoms with E-state index >= 15 is 0 Å². The van der Waals surface area contributed by atoms with Crippen LogP contribution >= 0.6 is 0 Å². The minimum absolute atomic E-state index is 0.130. The molecule has 2 heterocycles. The number of amides is 1.